The number of piperidine rings is 3. The van der Waals surface area contributed by atoms with E-state index in [1.807, 2.05) is 159 Å². The first kappa shape index (κ1) is 117. The number of likely N-dealkylation sites (tertiary alicyclic amines) is 3. The van der Waals surface area contributed by atoms with Gasteiger partial charge in [-0.15, -0.1) is 13.2 Å². The summed E-state index contributed by atoms with van der Waals surface area (Å²) >= 11 is 0. The molecule has 5 saturated carbocycles. The van der Waals surface area contributed by atoms with Gasteiger partial charge in [0, 0.05) is 110 Å². The first-order chi connectivity index (χ1) is 65.1. The summed E-state index contributed by atoms with van der Waals surface area (Å²) in [5.74, 6) is -7.55. The lowest BCUT2D eigenvalue weighted by Gasteiger charge is -2.39. The topological polar surface area (TPSA) is 552 Å². The fourth-order valence-electron chi connectivity index (χ4n) is 21.1. The number of nitrogens with zero attached hydrogens (tertiary/aromatic N) is 7. The van der Waals surface area contributed by atoms with Crippen LogP contribution < -0.4 is 68.9 Å². The Morgan fingerprint density at radius 1 is 0.423 bits per heavy atom. The van der Waals surface area contributed by atoms with Gasteiger partial charge < -0.3 is 78.9 Å². The van der Waals surface area contributed by atoms with Crippen LogP contribution in [0.15, 0.2) is 25.3 Å². The van der Waals surface area contributed by atoms with Gasteiger partial charge in [-0.25, -0.2) is 27.5 Å². The van der Waals surface area contributed by atoms with Crippen LogP contribution in [0.1, 0.15) is 237 Å². The lowest BCUT2D eigenvalue weighted by atomic mass is 9.80. The number of ketones is 3. The largest absolute Gasteiger partial charge is 0.363 e. The molecule has 18 atom stereocenters. The van der Waals surface area contributed by atoms with E-state index in [0.717, 1.165) is 32.1 Å². The average molecular weight is 2060 g/mol. The normalized spacial score (nSPS) is 26.4. The summed E-state index contributed by atoms with van der Waals surface area (Å²) in [6, 6.07) is -12.4. The molecule has 3 unspecified atom stereocenters. The van der Waals surface area contributed by atoms with Gasteiger partial charge in [0.2, 0.25) is 62.8 Å². The molecule has 14 N–H and O–H groups in total. The predicted octanol–water partition coefficient (Wildman–Crippen LogP) is 3.51. The number of nitrogens with two attached hydrogens (primary N) is 1. The molecule has 5 aliphatic carbocycles. The third kappa shape index (κ3) is 27.5. The number of rotatable bonds is 37. The Labute approximate surface area is 841 Å². The molecule has 0 aromatic rings. The molecule has 802 valence electrons. The molecule has 41 nitrogen and oxygen atoms in total. The van der Waals surface area contributed by atoms with E-state index in [0.29, 0.717) is 65.0 Å². The number of amides is 15. The fraction of sp³-hybridized carbons (Fsp3) is 0.806. The van der Waals surface area contributed by atoms with Gasteiger partial charge in [0.25, 0.3) is 38.1 Å². The molecule has 11 rings (SSSR count). The summed E-state index contributed by atoms with van der Waals surface area (Å²) < 4.78 is 83.1. The minimum Gasteiger partial charge on any atom is -0.363 e. The molecule has 0 bridgehead atoms. The molecule has 11 aliphatic rings. The van der Waals surface area contributed by atoms with Gasteiger partial charge in [0.1, 0.15) is 36.3 Å². The Kier molecular flexibility index (Phi) is 36.2. The molecule has 6 saturated heterocycles. The second-order valence-electron chi connectivity index (χ2n) is 49.3. The fourth-order valence-corrected chi connectivity index (χ4v) is 25.2. The second-order valence-corrected chi connectivity index (χ2v) is 55.2. The van der Waals surface area contributed by atoms with Crippen molar-refractivity contribution in [3.8, 4) is 0 Å². The summed E-state index contributed by atoms with van der Waals surface area (Å²) in [5.41, 5.74) is 0.875. The zero-order chi connectivity index (χ0) is 107. The highest BCUT2D eigenvalue weighted by molar-refractivity contribution is 7.89. The summed E-state index contributed by atoms with van der Waals surface area (Å²) in [7, 11) is -9.13. The van der Waals surface area contributed by atoms with Crippen LogP contribution in [-0.2, 0) is 88.0 Å². The van der Waals surface area contributed by atoms with Gasteiger partial charge >= 0.3 is 18.1 Å². The maximum atomic E-state index is 14.4. The lowest BCUT2D eigenvalue weighted by molar-refractivity contribution is -0.145. The maximum absolute atomic E-state index is 14.4. The maximum Gasteiger partial charge on any atom is 0.315 e. The van der Waals surface area contributed by atoms with Crippen LogP contribution in [0.2, 0.25) is 0 Å². The average Bonchev–Trinajstić information content (AvgIpc) is 1.53. The van der Waals surface area contributed by atoms with Crippen LogP contribution in [-0.4, -0.2) is 316 Å². The highest BCUT2D eigenvalue weighted by Gasteiger charge is 2.73. The molecule has 0 aromatic carbocycles. The number of likely N-dealkylation sites (N-methyl/N-ethyl adjacent to an activating group) is 1. The molecule has 15 amide bonds. The third-order valence-corrected chi connectivity index (χ3v) is 36.7. The van der Waals surface area contributed by atoms with E-state index in [-0.39, 0.29) is 122 Å². The Bertz CT molecular complexity index is 5130. The van der Waals surface area contributed by atoms with E-state index in [1.165, 1.54) is 51.1 Å². The summed E-state index contributed by atoms with van der Waals surface area (Å²) in [6.07, 6.45) is 9.62. The van der Waals surface area contributed by atoms with Crippen molar-refractivity contribution in [1.82, 2.24) is 95.1 Å². The van der Waals surface area contributed by atoms with Gasteiger partial charge in [-0.05, 0) is 122 Å². The number of hydrogen-bond acceptors (Lipinski definition) is 21. The van der Waals surface area contributed by atoms with Crippen LogP contribution in [0, 0.1) is 96.1 Å². The van der Waals surface area contributed by atoms with Crippen molar-refractivity contribution >= 4 is 119 Å². The van der Waals surface area contributed by atoms with Gasteiger partial charge in [0.05, 0.1) is 23.9 Å². The van der Waals surface area contributed by atoms with Gasteiger partial charge in [0.15, 0.2) is 0 Å². The van der Waals surface area contributed by atoms with Gasteiger partial charge in [-0.3, -0.25) is 57.5 Å². The van der Waals surface area contributed by atoms with E-state index in [2.05, 4.69) is 90.2 Å². The number of fused-ring (bicyclic) bond motifs is 3. The Morgan fingerprint density at radius 2 is 0.761 bits per heavy atom. The number of sulfonamides is 1. The molecule has 6 heterocycles. The van der Waals surface area contributed by atoms with Crippen LogP contribution in [0.5, 0.6) is 0 Å². The summed E-state index contributed by atoms with van der Waals surface area (Å²) in [6.45, 7) is 57.8. The van der Waals surface area contributed by atoms with Crippen molar-refractivity contribution in [2.45, 2.75) is 310 Å². The van der Waals surface area contributed by atoms with Crippen molar-refractivity contribution in [2.24, 2.45) is 102 Å². The van der Waals surface area contributed by atoms with Crippen LogP contribution in [0.3, 0.4) is 0 Å². The van der Waals surface area contributed by atoms with E-state index < -0.39 is 224 Å². The van der Waals surface area contributed by atoms with Crippen LogP contribution in [0.25, 0.3) is 0 Å². The molecule has 0 aromatic heterocycles. The molecule has 142 heavy (non-hydrogen) atoms. The zero-order valence-electron chi connectivity index (χ0n) is 88.6. The molecule has 0 spiro atoms. The summed E-state index contributed by atoms with van der Waals surface area (Å²) in [5, 5.41) is 30.7. The minimum absolute atomic E-state index is 0.0497. The van der Waals surface area contributed by atoms with Crippen LogP contribution >= 0.6 is 0 Å². The quantitative estimate of drug-likeness (QED) is 0.0312. The molecule has 11 fully saturated rings. The first-order valence-corrected chi connectivity index (χ1v) is 54.8. The van der Waals surface area contributed by atoms with Gasteiger partial charge in [-0.2, -0.15) is 34.1 Å². The lowest BCUT2D eigenvalue weighted by Crippen LogP contribution is -2.62. The SMILES string of the molecule is C=CCNC(=O)C(=O)C(CC1CCC1)NC(=O)[C@@H]1[C@@H]2[C@H](CN1C(=O)[C@@H](NC(=O)N[C@H](CN1CCCS1(=O)=O)C(C)(C)C)C(C)(C)C)C2(C)C.C=CCNC(=O)C(=O)C(CCC)NC(=O)[C@@H]1[C@@H]2[C@H](CN1C(=O)[C@@H](NC(=O)N[C@H](CN1CCN(C)S1(=O)=O)C(C)(C)C)C(C)(C)C)C2(C)C.CC(C)(C)[C@H](NC(=O)N[C@H](CN1CCNS1(=O)=O)C(C)(C)C)C(=O)N1C[C@H]2[C@@H]([C@H]1C(=O)NC(CC1CC1)C(=O)C(N)=O)C2(C)C. The molecule has 6 aliphatic heterocycles. The van der Waals surface area contributed by atoms with E-state index in [1.54, 1.807) is 0 Å². The van der Waals surface area contributed by atoms with Crippen molar-refractivity contribution in [3.05, 3.63) is 25.3 Å². The minimum atomic E-state index is -3.63. The number of nitrogens with one attached hydrogen (secondary N) is 12. The van der Waals surface area contributed by atoms with Crippen molar-refractivity contribution in [1.29, 1.82) is 0 Å². The van der Waals surface area contributed by atoms with Crippen molar-refractivity contribution < 1.29 is 97.2 Å². The first-order valence-electron chi connectivity index (χ1n) is 50.3. The van der Waals surface area contributed by atoms with Crippen molar-refractivity contribution in [3.63, 3.8) is 0 Å². The van der Waals surface area contributed by atoms with E-state index >= 15 is 0 Å². The zero-order valence-corrected chi connectivity index (χ0v) is 91.0. The molecular weight excluding hydrogens is 1890 g/mol. The van der Waals surface area contributed by atoms with Gasteiger partial charge in [-0.1, -0.05) is 224 Å². The number of carbonyl (C=O) groups excluding carboxylic acids is 15. The monoisotopic (exact) mass is 2060 g/mol. The van der Waals surface area contributed by atoms with E-state index in [4.69, 9.17) is 5.73 Å². The Morgan fingerprint density at radius 3 is 1.04 bits per heavy atom. The predicted molar refractivity (Wildman–Crippen MR) is 535 cm³/mol. The molecule has 44 heteroatoms. The van der Waals surface area contributed by atoms with E-state index in [9.17, 15) is 97.2 Å². The molecule has 0 radical (unpaired) electrons. The highest BCUT2D eigenvalue weighted by Crippen LogP contribution is 2.67. The summed E-state index contributed by atoms with van der Waals surface area (Å²) in [4.78, 5) is 206. The van der Waals surface area contributed by atoms with Crippen LogP contribution in [0.4, 0.5) is 14.4 Å². The standard InChI is InChI=1S/C35H58N6O7S.C33H57N7O7S.C30H51N7O7S/c1-10-15-36-30(44)27(42)23(18-21-13-11-14-21)37-29(43)26-25-22(35(25,8)9)19-41(26)31(45)28(34(5,6)7)39-32(46)38-24(33(2,3)4)20-40-16-12-17-49(40,47)48;1-12-14-21(25(41)28(43)34-15-13-2)35-27(42)24-23-20(33(23,9)10)18-40(24)29(44)26(32(6,7)8)37-30(45)36-22(31(3,4)5)19-39-17-16-38(11)48(39,46)47;1-28(2,3)19(15-36-12-11-32-45(36,43)44)34-27(42)35-23(29(4,5)6)26(41)37-14-17-20(30(17,7)8)21(37)25(40)33-18(13-16-9-10-16)22(38)24(31)39/h10,21-26,28H,1,11-20H2,2-9H3,(H,36,44)(H,37,43)(H2,38,39,46);13,20-24,26H,2,12,14-19H2,1,3-11H3,(H,34,43)(H,35,42)(H2,36,37,45);16-21,23,32H,9-15H2,1-8H3,(H2,31,39)(H,33,40)(H2,34,35,42)/t22-,23?,24+,25-,26-,28+;20-,21?,22+,23-,24-,26+;17-,18?,19+,20-,21-,23+/m000/s1. The smallest absolute Gasteiger partial charge is 0.315 e. The number of primary amides is 1. The molecular formula is C98H166N20O21S3. The Hall–Kier alpha value is -8.82. The number of carbonyl (C=O) groups is 15. The second kappa shape index (κ2) is 44.1. The third-order valence-electron chi connectivity index (χ3n) is 31.3. The highest BCUT2D eigenvalue weighted by atomic mass is 32.2. The number of hydrogen-bond donors (Lipinski definition) is 13. The number of urea groups is 3. The van der Waals surface area contributed by atoms with Crippen molar-refractivity contribution in [2.75, 3.05) is 97.9 Å². The Balaban J connectivity index is 0.000000238. The number of Topliss-reactive ketones (excluding diaryl/α,β-unsaturated/α-hetero) is 3.